The number of carboxylic acid groups (broad SMARTS) is 1. The minimum Gasteiger partial charge on any atom is -0.481 e. The number of aliphatic carboxylic acids is 1. The number of nitrogens with zero attached hydrogens (tertiary/aromatic N) is 3. The maximum atomic E-state index is 13.1. The fraction of sp³-hybridized carbons (Fsp3) is 0.208. The van der Waals surface area contributed by atoms with Gasteiger partial charge in [0.15, 0.2) is 5.82 Å². The van der Waals surface area contributed by atoms with Gasteiger partial charge in [0.05, 0.1) is 11.3 Å². The van der Waals surface area contributed by atoms with Crippen LogP contribution >= 0.6 is 11.6 Å². The molecule has 0 radical (unpaired) electrons. The lowest BCUT2D eigenvalue weighted by atomic mass is 9.80. The number of pyridine rings is 1. The van der Waals surface area contributed by atoms with Crippen LogP contribution in [-0.2, 0) is 21.4 Å². The molecule has 1 aliphatic heterocycles. The molecule has 0 saturated carbocycles. The molecule has 0 aliphatic carbocycles. The van der Waals surface area contributed by atoms with Crippen molar-refractivity contribution in [1.82, 2.24) is 15.0 Å². The molecule has 168 valence electrons. The summed E-state index contributed by atoms with van der Waals surface area (Å²) in [6.07, 6.45) is 1.93. The molecule has 8 nitrogen and oxygen atoms in total. The van der Waals surface area contributed by atoms with Gasteiger partial charge in [0.25, 0.3) is 0 Å². The summed E-state index contributed by atoms with van der Waals surface area (Å²) in [4.78, 5) is 37.3. The largest absolute Gasteiger partial charge is 0.481 e. The number of nitrogens with two attached hydrogens (primary N) is 1. The monoisotopic (exact) mass is 463 g/mol. The summed E-state index contributed by atoms with van der Waals surface area (Å²) in [5, 5.41) is 12.3. The lowest BCUT2D eigenvalue weighted by Gasteiger charge is -2.22. The van der Waals surface area contributed by atoms with Crippen molar-refractivity contribution in [2.75, 3.05) is 11.1 Å². The number of hydrogen-bond donors (Lipinski definition) is 3. The molecule has 1 atom stereocenters. The van der Waals surface area contributed by atoms with Crippen molar-refractivity contribution in [3.8, 4) is 0 Å². The van der Waals surface area contributed by atoms with Crippen LogP contribution in [0.15, 0.2) is 43.1 Å². The van der Waals surface area contributed by atoms with Gasteiger partial charge in [-0.2, -0.15) is 0 Å². The maximum absolute atomic E-state index is 13.1. The summed E-state index contributed by atoms with van der Waals surface area (Å²) in [6, 6.07) is 8.89. The van der Waals surface area contributed by atoms with Crippen LogP contribution in [-0.4, -0.2) is 31.9 Å². The third kappa shape index (κ3) is 3.93. The molecule has 2 aromatic heterocycles. The van der Waals surface area contributed by atoms with Crippen LogP contribution in [0.1, 0.15) is 47.1 Å². The zero-order valence-electron chi connectivity index (χ0n) is 18.1. The average molecular weight is 464 g/mol. The lowest BCUT2D eigenvalue weighted by Crippen LogP contribution is -2.34. The molecule has 4 rings (SSSR count). The van der Waals surface area contributed by atoms with Crippen molar-refractivity contribution in [2.45, 2.75) is 32.1 Å². The van der Waals surface area contributed by atoms with E-state index in [9.17, 15) is 9.59 Å². The molecule has 9 heteroatoms. The van der Waals surface area contributed by atoms with Crippen LogP contribution in [0.3, 0.4) is 0 Å². The highest BCUT2D eigenvalue weighted by Gasteiger charge is 2.48. The van der Waals surface area contributed by atoms with E-state index in [4.69, 9.17) is 22.4 Å². The number of nitrogen functional groups attached to an aromatic ring is 1. The molecular weight excluding hydrogens is 442 g/mol. The van der Waals surface area contributed by atoms with Gasteiger partial charge >= 0.3 is 5.97 Å². The number of anilines is 2. The summed E-state index contributed by atoms with van der Waals surface area (Å²) in [6.45, 7) is 7.74. The van der Waals surface area contributed by atoms with Crippen molar-refractivity contribution >= 4 is 40.7 Å². The number of fused-ring (bicyclic) bond motifs is 1. The Balaban J connectivity index is 1.71. The molecular formula is C24H22ClN5O3. The smallest absolute Gasteiger partial charge is 0.303 e. The SMILES string of the molecule is C=C(c1nc(N)c2c(n1)NC(=O)C2(C)c1ccc(CCC(=O)O)cn1)c1ccc(Cl)cc1C. The van der Waals surface area contributed by atoms with Crippen molar-refractivity contribution < 1.29 is 14.7 Å². The number of nitrogens with one attached hydrogen (secondary N) is 1. The number of carboxylic acids is 1. The molecule has 0 saturated heterocycles. The number of aryl methyl sites for hydroxylation is 2. The lowest BCUT2D eigenvalue weighted by molar-refractivity contribution is -0.137. The Kier molecular flexibility index (Phi) is 5.63. The summed E-state index contributed by atoms with van der Waals surface area (Å²) in [7, 11) is 0. The van der Waals surface area contributed by atoms with Gasteiger partial charge in [-0.25, -0.2) is 9.97 Å². The first-order valence-electron chi connectivity index (χ1n) is 10.2. The summed E-state index contributed by atoms with van der Waals surface area (Å²) in [5.74, 6) is -0.436. The number of halogens is 1. The second kappa shape index (κ2) is 8.29. The first kappa shape index (κ1) is 22.4. The molecule has 1 aromatic carbocycles. The second-order valence-corrected chi connectivity index (χ2v) is 8.55. The van der Waals surface area contributed by atoms with Crippen LogP contribution in [0.25, 0.3) is 5.57 Å². The van der Waals surface area contributed by atoms with Gasteiger partial charge in [-0.15, -0.1) is 0 Å². The maximum Gasteiger partial charge on any atom is 0.303 e. The predicted molar refractivity (Wildman–Crippen MR) is 126 cm³/mol. The van der Waals surface area contributed by atoms with Crippen LogP contribution in [0.4, 0.5) is 11.6 Å². The molecule has 33 heavy (non-hydrogen) atoms. The van der Waals surface area contributed by atoms with Gasteiger partial charge < -0.3 is 16.2 Å². The van der Waals surface area contributed by atoms with E-state index in [1.165, 1.54) is 0 Å². The highest BCUT2D eigenvalue weighted by molar-refractivity contribution is 6.30. The van der Waals surface area contributed by atoms with Gasteiger partial charge in [0.1, 0.15) is 17.1 Å². The van der Waals surface area contributed by atoms with Gasteiger partial charge in [0, 0.05) is 23.2 Å². The van der Waals surface area contributed by atoms with E-state index >= 15 is 0 Å². The van der Waals surface area contributed by atoms with Crippen molar-refractivity contribution in [3.63, 3.8) is 0 Å². The van der Waals surface area contributed by atoms with Gasteiger partial charge in [-0.3, -0.25) is 14.6 Å². The third-order valence-corrected chi connectivity index (χ3v) is 6.11. The van der Waals surface area contributed by atoms with Crippen molar-refractivity contribution in [2.24, 2.45) is 0 Å². The van der Waals surface area contributed by atoms with Crippen LogP contribution in [0.2, 0.25) is 5.02 Å². The minimum absolute atomic E-state index is 0.00214. The summed E-state index contributed by atoms with van der Waals surface area (Å²) in [5.41, 5.74) is 9.11. The van der Waals surface area contributed by atoms with Gasteiger partial charge in [0.2, 0.25) is 5.91 Å². The standard InChI is InChI=1S/C24H22ClN5O3/c1-12-10-15(25)6-7-16(12)13(2)21-28-20(26)19-22(29-21)30-23(33)24(19,3)17-8-4-14(11-27-17)5-9-18(31)32/h4,6-8,10-11H,2,5,9H2,1,3H3,(H,31,32)(H3,26,28,29,30,33). The molecule has 3 heterocycles. The summed E-state index contributed by atoms with van der Waals surface area (Å²) < 4.78 is 0. The molecule has 3 aromatic rings. The highest BCUT2D eigenvalue weighted by Crippen LogP contribution is 2.44. The van der Waals surface area contributed by atoms with Crippen LogP contribution in [0, 0.1) is 6.92 Å². The first-order chi connectivity index (χ1) is 15.6. The Morgan fingerprint density at radius 2 is 2.03 bits per heavy atom. The van der Waals surface area contributed by atoms with Crippen LogP contribution in [0.5, 0.6) is 0 Å². The Hall–Kier alpha value is -3.78. The normalized spacial score (nSPS) is 16.9. The molecule has 1 unspecified atom stereocenters. The van der Waals surface area contributed by atoms with E-state index in [0.29, 0.717) is 39.9 Å². The molecule has 1 aliphatic rings. The van der Waals surface area contributed by atoms with Gasteiger partial charge in [-0.1, -0.05) is 30.3 Å². The van der Waals surface area contributed by atoms with Crippen molar-refractivity contribution in [3.05, 3.63) is 81.9 Å². The Morgan fingerprint density at radius 3 is 2.67 bits per heavy atom. The number of rotatable bonds is 6. The topological polar surface area (TPSA) is 131 Å². The quantitative estimate of drug-likeness (QED) is 0.507. The number of hydrogen-bond acceptors (Lipinski definition) is 6. The molecule has 1 amide bonds. The van der Waals surface area contributed by atoms with E-state index in [-0.39, 0.29) is 18.1 Å². The minimum atomic E-state index is -1.19. The van der Waals surface area contributed by atoms with E-state index in [1.54, 1.807) is 31.3 Å². The predicted octanol–water partition coefficient (Wildman–Crippen LogP) is 3.75. The number of carbonyl (C=O) groups is 2. The molecule has 4 N–H and O–H groups in total. The zero-order valence-corrected chi connectivity index (χ0v) is 18.9. The van der Waals surface area contributed by atoms with Gasteiger partial charge in [-0.05, 0) is 55.2 Å². The molecule has 0 spiro atoms. The number of carbonyl (C=O) groups excluding carboxylic acids is 1. The summed E-state index contributed by atoms with van der Waals surface area (Å²) >= 11 is 6.06. The number of amides is 1. The number of benzene rings is 1. The average Bonchev–Trinajstić information content (AvgIpc) is 3.03. The zero-order chi connectivity index (χ0) is 23.9. The van der Waals surface area contributed by atoms with E-state index in [0.717, 1.165) is 16.7 Å². The molecule has 0 bridgehead atoms. The fourth-order valence-corrected chi connectivity index (χ4v) is 4.22. The van der Waals surface area contributed by atoms with E-state index < -0.39 is 11.4 Å². The fourth-order valence-electron chi connectivity index (χ4n) is 3.99. The molecule has 0 fully saturated rings. The first-order valence-corrected chi connectivity index (χ1v) is 10.6. The Labute approximate surface area is 195 Å². The van der Waals surface area contributed by atoms with E-state index in [2.05, 4.69) is 26.8 Å². The Morgan fingerprint density at radius 1 is 1.27 bits per heavy atom. The van der Waals surface area contributed by atoms with Crippen molar-refractivity contribution in [1.29, 1.82) is 0 Å². The van der Waals surface area contributed by atoms with E-state index in [1.807, 2.05) is 19.1 Å². The highest BCUT2D eigenvalue weighted by atomic mass is 35.5. The third-order valence-electron chi connectivity index (χ3n) is 5.87. The van der Waals surface area contributed by atoms with Crippen LogP contribution < -0.4 is 11.1 Å². The second-order valence-electron chi connectivity index (χ2n) is 8.12. The number of aromatic nitrogens is 3. The Bertz CT molecular complexity index is 1310.